The normalized spacial score (nSPS) is 11.0. The lowest BCUT2D eigenvalue weighted by atomic mass is 10.3. The maximum atomic E-state index is 11.9. The Morgan fingerprint density at radius 2 is 2.36 bits per heavy atom. The molecule has 0 amide bonds. The van der Waals surface area contributed by atoms with Gasteiger partial charge in [0.25, 0.3) is 5.56 Å². The Morgan fingerprint density at radius 3 is 3.00 bits per heavy atom. The van der Waals surface area contributed by atoms with Crippen LogP contribution in [0.15, 0.2) is 10.2 Å². The van der Waals surface area contributed by atoms with Gasteiger partial charge in [0.05, 0.1) is 5.39 Å². The van der Waals surface area contributed by atoms with E-state index >= 15 is 0 Å². The molecule has 5 heteroatoms. The third-order valence-corrected chi connectivity index (χ3v) is 3.55. The quantitative estimate of drug-likeness (QED) is 0.758. The van der Waals surface area contributed by atoms with Crippen molar-refractivity contribution in [2.75, 3.05) is 0 Å². The van der Waals surface area contributed by atoms with Gasteiger partial charge < -0.3 is 4.98 Å². The van der Waals surface area contributed by atoms with Crippen molar-refractivity contribution in [3.8, 4) is 0 Å². The summed E-state index contributed by atoms with van der Waals surface area (Å²) in [6.45, 7) is 4.47. The van der Waals surface area contributed by atoms with Gasteiger partial charge in [-0.05, 0) is 37.0 Å². The average molecular weight is 226 g/mol. The van der Waals surface area contributed by atoms with E-state index in [2.05, 4.69) is 4.98 Å². The first-order chi connectivity index (χ1) is 6.65. The number of H-pyrrole nitrogens is 1. The van der Waals surface area contributed by atoms with Gasteiger partial charge in [0.2, 0.25) is 0 Å². The van der Waals surface area contributed by atoms with E-state index in [4.69, 9.17) is 12.2 Å². The first kappa shape index (κ1) is 9.61. The van der Waals surface area contributed by atoms with Crippen molar-refractivity contribution in [2.45, 2.75) is 20.4 Å². The van der Waals surface area contributed by atoms with Crippen molar-refractivity contribution in [2.24, 2.45) is 0 Å². The molecule has 2 aromatic heterocycles. The highest BCUT2D eigenvalue weighted by molar-refractivity contribution is 7.71. The minimum atomic E-state index is 0.0185. The SMILES string of the molecule is CCn1c(=S)[nH]c2scc(C)c2c1=O. The summed E-state index contributed by atoms with van der Waals surface area (Å²) in [4.78, 5) is 15.9. The molecule has 74 valence electrons. The van der Waals surface area contributed by atoms with Gasteiger partial charge in [-0.1, -0.05) is 0 Å². The molecule has 0 aliphatic heterocycles. The summed E-state index contributed by atoms with van der Waals surface area (Å²) in [6.07, 6.45) is 0. The maximum Gasteiger partial charge on any atom is 0.263 e. The number of aromatic amines is 1. The fourth-order valence-corrected chi connectivity index (χ4v) is 2.79. The molecule has 14 heavy (non-hydrogen) atoms. The Kier molecular flexibility index (Phi) is 2.28. The molecule has 2 aromatic rings. The van der Waals surface area contributed by atoms with Crippen LogP contribution in [0.2, 0.25) is 0 Å². The molecule has 0 bridgehead atoms. The van der Waals surface area contributed by atoms with Crippen molar-refractivity contribution in [1.82, 2.24) is 9.55 Å². The zero-order valence-electron chi connectivity index (χ0n) is 7.96. The number of hydrogen-bond acceptors (Lipinski definition) is 3. The van der Waals surface area contributed by atoms with Gasteiger partial charge in [-0.15, -0.1) is 11.3 Å². The van der Waals surface area contributed by atoms with Gasteiger partial charge in [-0.2, -0.15) is 0 Å². The highest BCUT2D eigenvalue weighted by Gasteiger charge is 2.07. The fourth-order valence-electron chi connectivity index (χ4n) is 1.48. The minimum Gasteiger partial charge on any atom is -0.323 e. The fraction of sp³-hybridized carbons (Fsp3) is 0.333. The van der Waals surface area contributed by atoms with Gasteiger partial charge in [0, 0.05) is 6.54 Å². The summed E-state index contributed by atoms with van der Waals surface area (Å²) < 4.78 is 2.09. The summed E-state index contributed by atoms with van der Waals surface area (Å²) in [5.41, 5.74) is 1.04. The Hall–Kier alpha value is -0.940. The summed E-state index contributed by atoms with van der Waals surface area (Å²) in [5, 5.41) is 2.74. The minimum absolute atomic E-state index is 0.0185. The second-order valence-electron chi connectivity index (χ2n) is 3.10. The van der Waals surface area contributed by atoms with Crippen molar-refractivity contribution < 1.29 is 0 Å². The summed E-state index contributed by atoms with van der Waals surface area (Å²) in [5.74, 6) is 0. The van der Waals surface area contributed by atoms with Crippen LogP contribution < -0.4 is 5.56 Å². The largest absolute Gasteiger partial charge is 0.323 e. The smallest absolute Gasteiger partial charge is 0.263 e. The molecule has 0 unspecified atom stereocenters. The van der Waals surface area contributed by atoms with E-state index in [9.17, 15) is 4.79 Å². The van der Waals surface area contributed by atoms with Gasteiger partial charge in [-0.25, -0.2) is 0 Å². The molecule has 0 radical (unpaired) electrons. The van der Waals surface area contributed by atoms with Crippen LogP contribution in [-0.2, 0) is 6.54 Å². The molecule has 2 heterocycles. The Labute approximate surface area is 90.0 Å². The number of rotatable bonds is 1. The number of aryl methyl sites for hydroxylation is 1. The van der Waals surface area contributed by atoms with E-state index in [1.807, 2.05) is 19.2 Å². The molecular weight excluding hydrogens is 216 g/mol. The van der Waals surface area contributed by atoms with Crippen molar-refractivity contribution in [1.29, 1.82) is 0 Å². The van der Waals surface area contributed by atoms with Gasteiger partial charge in [0.1, 0.15) is 4.83 Å². The molecule has 2 rings (SSSR count). The van der Waals surface area contributed by atoms with Crippen LogP contribution in [0, 0.1) is 11.7 Å². The molecule has 0 fully saturated rings. The maximum absolute atomic E-state index is 11.9. The van der Waals surface area contributed by atoms with Gasteiger partial charge in [0.15, 0.2) is 4.77 Å². The second-order valence-corrected chi connectivity index (χ2v) is 4.37. The van der Waals surface area contributed by atoms with Crippen LogP contribution in [0.4, 0.5) is 0 Å². The monoisotopic (exact) mass is 226 g/mol. The molecule has 1 N–H and O–H groups in total. The predicted octanol–water partition coefficient (Wildman–Crippen LogP) is 2.45. The van der Waals surface area contributed by atoms with Gasteiger partial charge >= 0.3 is 0 Å². The van der Waals surface area contributed by atoms with Crippen LogP contribution in [0.3, 0.4) is 0 Å². The molecular formula is C9H10N2OS2. The number of hydrogen-bond donors (Lipinski definition) is 1. The first-order valence-electron chi connectivity index (χ1n) is 4.36. The lowest BCUT2D eigenvalue weighted by molar-refractivity contribution is 0.705. The van der Waals surface area contributed by atoms with E-state index in [0.717, 1.165) is 15.8 Å². The summed E-state index contributed by atoms with van der Waals surface area (Å²) in [7, 11) is 0. The van der Waals surface area contributed by atoms with E-state index in [1.165, 1.54) is 11.3 Å². The number of thiophene rings is 1. The van der Waals surface area contributed by atoms with E-state index in [1.54, 1.807) is 4.57 Å². The van der Waals surface area contributed by atoms with Crippen molar-refractivity contribution in [3.05, 3.63) is 26.1 Å². The van der Waals surface area contributed by atoms with E-state index < -0.39 is 0 Å². The molecule has 0 aromatic carbocycles. The number of fused-ring (bicyclic) bond motifs is 1. The van der Waals surface area contributed by atoms with Crippen LogP contribution in [0.1, 0.15) is 12.5 Å². The van der Waals surface area contributed by atoms with Crippen molar-refractivity contribution in [3.63, 3.8) is 0 Å². The summed E-state index contributed by atoms with van der Waals surface area (Å²) in [6, 6.07) is 0. The van der Waals surface area contributed by atoms with E-state index in [-0.39, 0.29) is 5.56 Å². The molecule has 0 aliphatic rings. The third kappa shape index (κ3) is 1.24. The molecule has 3 nitrogen and oxygen atoms in total. The Morgan fingerprint density at radius 1 is 1.64 bits per heavy atom. The Balaban J connectivity index is 3.05. The van der Waals surface area contributed by atoms with Crippen LogP contribution in [-0.4, -0.2) is 9.55 Å². The zero-order valence-corrected chi connectivity index (χ0v) is 9.59. The van der Waals surface area contributed by atoms with Gasteiger partial charge in [-0.3, -0.25) is 9.36 Å². The number of nitrogens with zero attached hydrogens (tertiary/aromatic N) is 1. The average Bonchev–Trinajstić information content (AvgIpc) is 2.48. The number of aromatic nitrogens is 2. The molecule has 0 saturated carbocycles. The molecule has 0 spiro atoms. The third-order valence-electron chi connectivity index (χ3n) is 2.22. The molecule has 0 atom stereocenters. The number of nitrogens with one attached hydrogen (secondary N) is 1. The molecule has 0 saturated heterocycles. The highest BCUT2D eigenvalue weighted by atomic mass is 32.1. The van der Waals surface area contributed by atoms with Crippen LogP contribution in [0.25, 0.3) is 10.2 Å². The summed E-state index contributed by atoms with van der Waals surface area (Å²) >= 11 is 6.62. The van der Waals surface area contributed by atoms with Crippen molar-refractivity contribution >= 4 is 33.8 Å². The first-order valence-corrected chi connectivity index (χ1v) is 5.65. The Bertz CT molecular complexity index is 591. The zero-order chi connectivity index (χ0) is 10.3. The van der Waals surface area contributed by atoms with Crippen LogP contribution >= 0.6 is 23.6 Å². The topological polar surface area (TPSA) is 37.8 Å². The van der Waals surface area contributed by atoms with E-state index in [0.29, 0.717) is 11.3 Å². The van der Waals surface area contributed by atoms with Crippen LogP contribution in [0.5, 0.6) is 0 Å². The standard InChI is InChI=1S/C9H10N2OS2/c1-3-11-8(12)6-5(2)4-14-7(6)10-9(11)13/h4H,3H2,1-2H3,(H,10,13). The second kappa shape index (κ2) is 3.33. The highest BCUT2D eigenvalue weighted by Crippen LogP contribution is 2.19. The lowest BCUT2D eigenvalue weighted by Crippen LogP contribution is -2.20. The molecule has 0 aliphatic carbocycles. The lowest BCUT2D eigenvalue weighted by Gasteiger charge is -2.02. The predicted molar refractivity (Wildman–Crippen MR) is 61.7 cm³/mol.